The number of anilines is 1. The Morgan fingerprint density at radius 3 is 2.24 bits per heavy atom. The lowest BCUT2D eigenvalue weighted by Gasteiger charge is -2.27. The number of carboxylic acid groups (broad SMARTS) is 1. The van der Waals surface area contributed by atoms with E-state index in [1.165, 1.54) is 0 Å². The molecule has 1 aliphatic rings. The average Bonchev–Trinajstić information content (AvgIpc) is 3.43. The van der Waals surface area contributed by atoms with Gasteiger partial charge < -0.3 is 15.0 Å². The van der Waals surface area contributed by atoms with Crippen LogP contribution in [0.5, 0.6) is 0 Å². The smallest absolute Gasteiger partial charge is 0.417 e. The first-order chi connectivity index (χ1) is 19.7. The Bertz CT molecular complexity index is 1470. The van der Waals surface area contributed by atoms with Gasteiger partial charge in [-0.2, -0.15) is 13.2 Å². The van der Waals surface area contributed by atoms with Crippen molar-refractivity contribution < 1.29 is 27.9 Å². The molecule has 1 aliphatic carbocycles. The number of pyridine rings is 1. The zero-order chi connectivity index (χ0) is 30.7. The summed E-state index contributed by atoms with van der Waals surface area (Å²) in [5, 5.41) is 12.8. The molecule has 42 heavy (non-hydrogen) atoms. The quantitative estimate of drug-likeness (QED) is 0.281. The van der Waals surface area contributed by atoms with Crippen LogP contribution in [0.1, 0.15) is 74.6 Å². The Labute approximate surface area is 243 Å². The summed E-state index contributed by atoms with van der Waals surface area (Å²) in [4.78, 5) is 37.8. The first kappa shape index (κ1) is 31.1. The molecule has 9 heteroatoms. The number of hydrogen-bond donors (Lipinski definition) is 2. The second-order valence-corrected chi connectivity index (χ2v) is 12.3. The summed E-state index contributed by atoms with van der Waals surface area (Å²) in [5.41, 5.74) is 1.01. The molecule has 2 atom stereocenters. The molecule has 6 nitrogen and oxygen atoms in total. The van der Waals surface area contributed by atoms with Crippen LogP contribution in [0, 0.1) is 17.3 Å². The predicted molar refractivity (Wildman–Crippen MR) is 155 cm³/mol. The molecule has 2 aromatic carbocycles. The van der Waals surface area contributed by atoms with Crippen LogP contribution in [0.4, 0.5) is 18.9 Å². The number of carbonyl (C=O) groups excluding carboxylic acids is 1. The van der Waals surface area contributed by atoms with Crippen LogP contribution in [0.2, 0.25) is 0 Å². The van der Waals surface area contributed by atoms with Gasteiger partial charge in [0.05, 0.1) is 23.9 Å². The summed E-state index contributed by atoms with van der Waals surface area (Å²) < 4.78 is 40.4. The fourth-order valence-electron chi connectivity index (χ4n) is 5.77. The van der Waals surface area contributed by atoms with E-state index in [2.05, 4.69) is 5.32 Å². The topological polar surface area (TPSA) is 88.4 Å². The molecule has 224 valence electrons. The number of benzene rings is 2. The van der Waals surface area contributed by atoms with Crippen LogP contribution >= 0.6 is 0 Å². The number of halogens is 3. The van der Waals surface area contributed by atoms with E-state index >= 15 is 0 Å². The number of carbonyl (C=O) groups is 2. The minimum atomic E-state index is -4.55. The van der Waals surface area contributed by atoms with Gasteiger partial charge in [0.15, 0.2) is 0 Å². The normalized spacial score (nSPS) is 15.8. The molecule has 4 rings (SSSR count). The van der Waals surface area contributed by atoms with Crippen molar-refractivity contribution >= 4 is 17.6 Å². The summed E-state index contributed by atoms with van der Waals surface area (Å²) in [6, 6.07) is 16.1. The van der Waals surface area contributed by atoms with E-state index in [9.17, 15) is 32.7 Å². The summed E-state index contributed by atoms with van der Waals surface area (Å²) >= 11 is 0. The number of hydrogen-bond acceptors (Lipinski definition) is 3. The monoisotopic (exact) mass is 582 g/mol. The van der Waals surface area contributed by atoms with Crippen LogP contribution in [0.3, 0.4) is 0 Å². The van der Waals surface area contributed by atoms with E-state index in [0.717, 1.165) is 59.7 Å². The molecular formula is C33H37F3N2O4. The van der Waals surface area contributed by atoms with Gasteiger partial charge in [0.2, 0.25) is 5.91 Å². The highest BCUT2D eigenvalue weighted by Crippen LogP contribution is 2.38. The second-order valence-electron chi connectivity index (χ2n) is 12.3. The van der Waals surface area contributed by atoms with Crippen molar-refractivity contribution in [1.82, 2.24) is 4.57 Å². The van der Waals surface area contributed by atoms with E-state index in [4.69, 9.17) is 0 Å². The van der Waals surface area contributed by atoms with Crippen LogP contribution in [0.15, 0.2) is 71.7 Å². The van der Waals surface area contributed by atoms with Crippen molar-refractivity contribution in [3.05, 3.63) is 99.5 Å². The molecule has 0 spiro atoms. The van der Waals surface area contributed by atoms with Gasteiger partial charge in [-0.3, -0.25) is 14.4 Å². The number of carboxylic acids is 1. The largest absolute Gasteiger partial charge is 0.481 e. The summed E-state index contributed by atoms with van der Waals surface area (Å²) in [7, 11) is 0. The lowest BCUT2D eigenvalue weighted by molar-refractivity contribution is -0.145. The third-order valence-electron chi connectivity index (χ3n) is 8.13. The lowest BCUT2D eigenvalue weighted by Crippen LogP contribution is -2.30. The number of aromatic nitrogens is 1. The van der Waals surface area contributed by atoms with Gasteiger partial charge in [0, 0.05) is 18.0 Å². The third kappa shape index (κ3) is 7.69. The zero-order valence-electron chi connectivity index (χ0n) is 24.1. The van der Waals surface area contributed by atoms with Gasteiger partial charge in [0.25, 0.3) is 5.56 Å². The van der Waals surface area contributed by atoms with Crippen LogP contribution < -0.4 is 10.9 Å². The van der Waals surface area contributed by atoms with E-state index < -0.39 is 40.5 Å². The van der Waals surface area contributed by atoms with Crippen molar-refractivity contribution in [2.24, 2.45) is 17.3 Å². The molecule has 1 saturated carbocycles. The van der Waals surface area contributed by atoms with Crippen molar-refractivity contribution in [2.75, 3.05) is 5.32 Å². The number of nitrogens with one attached hydrogen (secondary N) is 1. The van der Waals surface area contributed by atoms with Crippen LogP contribution in [0.25, 0.3) is 0 Å². The molecule has 0 saturated heterocycles. The number of nitrogens with zero attached hydrogens (tertiary/aromatic N) is 1. The number of alkyl halides is 3. The van der Waals surface area contributed by atoms with E-state index in [-0.39, 0.29) is 18.4 Å². The van der Waals surface area contributed by atoms with Crippen molar-refractivity contribution in [2.45, 2.75) is 71.5 Å². The highest BCUT2D eigenvalue weighted by Gasteiger charge is 2.34. The number of amides is 1. The average molecular weight is 583 g/mol. The van der Waals surface area contributed by atoms with E-state index in [0.29, 0.717) is 17.7 Å². The first-order valence-corrected chi connectivity index (χ1v) is 14.2. The fourth-order valence-corrected chi connectivity index (χ4v) is 5.77. The SMILES string of the molecule is CC(C)(C)C(Cc1cccc(NC(=O)[C@H](c2ccc(Cn3cc(C(F)(F)F)ccc3=O)cc2)C2CCCC2)c1)C(=O)O. The maximum atomic E-state index is 13.7. The molecule has 0 aliphatic heterocycles. The van der Waals surface area contributed by atoms with Crippen molar-refractivity contribution in [3.8, 4) is 0 Å². The molecule has 1 fully saturated rings. The standard InChI is InChI=1S/C33H37F3N2O4/c1-32(2,3)27(31(41)42)18-22-7-6-10-26(17-22)37-30(40)29(23-8-4-5-9-23)24-13-11-21(12-14-24)19-38-20-25(33(34,35)36)15-16-28(38)39/h6-7,10-17,20,23,27,29H,4-5,8-9,18-19H2,1-3H3,(H,37,40)(H,41,42)/t27?,29-/m0/s1. The molecule has 1 unspecified atom stereocenters. The Morgan fingerprint density at radius 2 is 1.64 bits per heavy atom. The van der Waals surface area contributed by atoms with Gasteiger partial charge >= 0.3 is 12.1 Å². The van der Waals surface area contributed by atoms with Crippen molar-refractivity contribution in [3.63, 3.8) is 0 Å². The molecule has 1 aromatic heterocycles. The Hall–Kier alpha value is -3.88. The molecule has 0 bridgehead atoms. The minimum Gasteiger partial charge on any atom is -0.481 e. The molecular weight excluding hydrogens is 545 g/mol. The van der Waals surface area contributed by atoms with E-state index in [1.54, 1.807) is 18.2 Å². The van der Waals surface area contributed by atoms with Crippen LogP contribution in [-0.2, 0) is 28.7 Å². The van der Waals surface area contributed by atoms with Crippen LogP contribution in [-0.4, -0.2) is 21.6 Å². The van der Waals surface area contributed by atoms with Gasteiger partial charge in [-0.1, -0.05) is 70.0 Å². The Morgan fingerprint density at radius 1 is 0.976 bits per heavy atom. The van der Waals surface area contributed by atoms with Gasteiger partial charge in [-0.25, -0.2) is 0 Å². The van der Waals surface area contributed by atoms with Gasteiger partial charge in [-0.15, -0.1) is 0 Å². The summed E-state index contributed by atoms with van der Waals surface area (Å²) in [6.45, 7) is 5.66. The highest BCUT2D eigenvalue weighted by molar-refractivity contribution is 5.96. The molecule has 3 aromatic rings. The molecule has 0 radical (unpaired) electrons. The van der Waals surface area contributed by atoms with E-state index in [1.807, 2.05) is 51.1 Å². The molecule has 1 heterocycles. The third-order valence-corrected chi connectivity index (χ3v) is 8.13. The maximum absolute atomic E-state index is 13.7. The predicted octanol–water partition coefficient (Wildman–Crippen LogP) is 7.12. The Balaban J connectivity index is 1.53. The Kier molecular flexibility index (Phi) is 9.28. The second kappa shape index (κ2) is 12.5. The fraction of sp³-hybridized carbons (Fsp3) is 0.424. The maximum Gasteiger partial charge on any atom is 0.417 e. The van der Waals surface area contributed by atoms with Gasteiger partial charge in [-0.05, 0) is 65.5 Å². The highest BCUT2D eigenvalue weighted by atomic mass is 19.4. The zero-order valence-corrected chi connectivity index (χ0v) is 24.1. The molecule has 1 amide bonds. The minimum absolute atomic E-state index is 0.0258. The summed E-state index contributed by atoms with van der Waals surface area (Å²) in [5.74, 6) is -1.89. The summed E-state index contributed by atoms with van der Waals surface area (Å²) in [6.07, 6.45) is 0.486. The number of aliphatic carboxylic acids is 1. The lowest BCUT2D eigenvalue weighted by atomic mass is 9.77. The number of rotatable bonds is 9. The molecule has 2 N–H and O–H groups in total. The first-order valence-electron chi connectivity index (χ1n) is 14.2. The van der Waals surface area contributed by atoms with Gasteiger partial charge in [0.1, 0.15) is 0 Å². The van der Waals surface area contributed by atoms with Crippen molar-refractivity contribution in [1.29, 1.82) is 0 Å².